The number of carbonyl (C=O) groups excluding carboxylic acids is 3. The summed E-state index contributed by atoms with van der Waals surface area (Å²) in [5.41, 5.74) is 8.21. The molecule has 5 atom stereocenters. The number of aliphatic imine (C=N–C) groups is 1. The fourth-order valence-electron chi connectivity index (χ4n) is 10.2. The van der Waals surface area contributed by atoms with Crippen molar-refractivity contribution in [3.05, 3.63) is 93.8 Å². The first-order valence-corrected chi connectivity index (χ1v) is 22.8. The zero-order chi connectivity index (χ0) is 45.1. The van der Waals surface area contributed by atoms with Gasteiger partial charge in [-0.05, 0) is 101 Å². The van der Waals surface area contributed by atoms with Crippen LogP contribution in [0.3, 0.4) is 0 Å². The van der Waals surface area contributed by atoms with Crippen molar-refractivity contribution in [1.82, 2.24) is 25.1 Å². The summed E-state index contributed by atoms with van der Waals surface area (Å²) in [6.45, 7) is 17.6. The van der Waals surface area contributed by atoms with Gasteiger partial charge in [-0.1, -0.05) is 79.7 Å². The molecule has 4 aliphatic rings. The number of nitrogens with one attached hydrogen (secondary N) is 2. The molecule has 12 heteroatoms. The summed E-state index contributed by atoms with van der Waals surface area (Å²) >= 11 is 0. The van der Waals surface area contributed by atoms with Crippen molar-refractivity contribution in [3.8, 4) is 0 Å². The lowest BCUT2D eigenvalue weighted by Gasteiger charge is -2.30. The van der Waals surface area contributed by atoms with Gasteiger partial charge in [0.25, 0.3) is 0 Å². The number of hydrogen-bond donors (Lipinski definition) is 2. The molecule has 3 aliphatic heterocycles. The average molecular weight is 861 g/mol. The number of alkyl carbamates (subject to hydrolysis) is 1. The van der Waals surface area contributed by atoms with Crippen molar-refractivity contribution in [2.45, 2.75) is 130 Å². The molecule has 0 spiro atoms. The number of fused-ring (bicyclic) bond motifs is 2. The van der Waals surface area contributed by atoms with Gasteiger partial charge in [0, 0.05) is 54.8 Å². The van der Waals surface area contributed by atoms with Gasteiger partial charge in [0.1, 0.15) is 23.5 Å². The number of carbonyl (C=O) groups is 3. The van der Waals surface area contributed by atoms with Gasteiger partial charge < -0.3 is 24.8 Å². The van der Waals surface area contributed by atoms with Crippen LogP contribution >= 0.6 is 0 Å². The molecule has 2 saturated heterocycles. The highest BCUT2D eigenvalue weighted by molar-refractivity contribution is 6.02. The van der Waals surface area contributed by atoms with Crippen molar-refractivity contribution in [2.24, 2.45) is 22.7 Å². The number of benzene rings is 3. The zero-order valence-corrected chi connectivity index (χ0v) is 38.2. The van der Waals surface area contributed by atoms with Crippen LogP contribution in [0.2, 0.25) is 0 Å². The lowest BCUT2D eigenvalue weighted by atomic mass is 9.83. The topological polar surface area (TPSA) is 120 Å². The fourth-order valence-corrected chi connectivity index (χ4v) is 10.2. The minimum atomic E-state index is -0.753. The standard InChI is InChI=1S/C51H62F2N6O4/c1-27(2)29(5)48(60)59-21-11-13-44(59)47-55-40-24-36(38(53)26-41(40)56-47)34-19-18-33(45(34)30-14-16-32(17-15-30)51(6,7)8)35-22-31-23-42(54-39(31)25-37(35)52)43-12-10-20-58(43)49(61)46(28(3)4)57-50(62)63-9/h14-17,22,24-29,34,43-44,46H,10-13,18-21,23H2,1-9H3,(H,55,56)(H,57,62)/t29-,34?,43?,44?,46-/m0/s1. The van der Waals surface area contributed by atoms with E-state index in [0.717, 1.165) is 59.2 Å². The maximum atomic E-state index is 16.7. The predicted octanol–water partition coefficient (Wildman–Crippen LogP) is 10.6. The predicted molar refractivity (Wildman–Crippen MR) is 244 cm³/mol. The van der Waals surface area contributed by atoms with Gasteiger partial charge in [0.15, 0.2) is 0 Å². The maximum absolute atomic E-state index is 16.7. The summed E-state index contributed by atoms with van der Waals surface area (Å²) in [5, 5.41) is 2.71. The Hall–Kier alpha value is -5.39. The molecule has 3 amide bonds. The van der Waals surface area contributed by atoms with Crippen LogP contribution in [-0.4, -0.2) is 75.7 Å². The Bertz CT molecular complexity index is 2500. The summed E-state index contributed by atoms with van der Waals surface area (Å²) in [6.07, 6.45) is 4.12. The van der Waals surface area contributed by atoms with E-state index in [1.807, 2.05) is 37.8 Å². The van der Waals surface area contributed by atoms with Crippen LogP contribution in [0.4, 0.5) is 19.3 Å². The minimum absolute atomic E-state index is 0.0799. The third-order valence-electron chi connectivity index (χ3n) is 14.1. The normalized spacial score (nSPS) is 21.2. The molecule has 2 N–H and O–H groups in total. The molecule has 8 rings (SSSR count). The van der Waals surface area contributed by atoms with Gasteiger partial charge >= 0.3 is 6.09 Å². The number of halogens is 2. The van der Waals surface area contributed by atoms with Crippen molar-refractivity contribution in [1.29, 1.82) is 0 Å². The summed E-state index contributed by atoms with van der Waals surface area (Å²) in [7, 11) is 1.28. The van der Waals surface area contributed by atoms with Crippen LogP contribution in [0.1, 0.15) is 140 Å². The van der Waals surface area contributed by atoms with E-state index in [-0.39, 0.29) is 58.8 Å². The van der Waals surface area contributed by atoms with Gasteiger partial charge in [-0.2, -0.15) is 0 Å². The first-order chi connectivity index (χ1) is 29.9. The van der Waals surface area contributed by atoms with Crippen molar-refractivity contribution in [3.63, 3.8) is 0 Å². The molecular formula is C51H62F2N6O4. The number of rotatable bonds is 10. The van der Waals surface area contributed by atoms with Crippen LogP contribution in [0.15, 0.2) is 53.5 Å². The molecular weight excluding hydrogens is 799 g/mol. The van der Waals surface area contributed by atoms with Crippen molar-refractivity contribution < 1.29 is 27.9 Å². The number of aromatic nitrogens is 2. The molecule has 1 aliphatic carbocycles. The van der Waals surface area contributed by atoms with E-state index in [2.05, 4.69) is 69.2 Å². The number of nitrogens with zero attached hydrogens (tertiary/aromatic N) is 4. The Morgan fingerprint density at radius 2 is 1.54 bits per heavy atom. The second-order valence-corrected chi connectivity index (χ2v) is 19.8. The van der Waals surface area contributed by atoms with E-state index < -0.39 is 18.0 Å². The maximum Gasteiger partial charge on any atom is 0.407 e. The van der Waals surface area contributed by atoms with Crippen LogP contribution in [0, 0.1) is 29.4 Å². The minimum Gasteiger partial charge on any atom is -0.453 e. The Kier molecular flexibility index (Phi) is 12.1. The van der Waals surface area contributed by atoms with E-state index in [1.54, 1.807) is 4.90 Å². The van der Waals surface area contributed by atoms with Gasteiger partial charge in [-0.3, -0.25) is 14.6 Å². The Morgan fingerprint density at radius 3 is 2.19 bits per heavy atom. The molecule has 10 nitrogen and oxygen atoms in total. The Labute approximate surface area is 370 Å². The molecule has 2 fully saturated rings. The van der Waals surface area contributed by atoms with E-state index in [1.165, 1.54) is 19.2 Å². The number of methoxy groups -OCH3 is 1. The van der Waals surface area contributed by atoms with Crippen molar-refractivity contribution in [2.75, 3.05) is 20.2 Å². The molecule has 334 valence electrons. The summed E-state index contributed by atoms with van der Waals surface area (Å²) in [5.74, 6) is -0.574. The van der Waals surface area contributed by atoms with Gasteiger partial charge in [-0.25, -0.2) is 18.6 Å². The number of ether oxygens (including phenoxy) is 1. The van der Waals surface area contributed by atoms with E-state index in [9.17, 15) is 14.4 Å². The Morgan fingerprint density at radius 1 is 0.857 bits per heavy atom. The summed E-state index contributed by atoms with van der Waals surface area (Å²) in [4.78, 5) is 56.5. The molecule has 1 aromatic heterocycles. The van der Waals surface area contributed by atoms with Gasteiger partial charge in [0.05, 0.1) is 35.9 Å². The number of hydrogen-bond acceptors (Lipinski definition) is 6. The highest BCUT2D eigenvalue weighted by Crippen LogP contribution is 2.51. The number of aromatic amines is 1. The largest absolute Gasteiger partial charge is 0.453 e. The molecule has 4 aromatic rings. The number of amides is 3. The van der Waals surface area contributed by atoms with Crippen molar-refractivity contribution >= 4 is 51.5 Å². The van der Waals surface area contributed by atoms with Gasteiger partial charge in [-0.15, -0.1) is 0 Å². The molecule has 0 saturated carbocycles. The highest BCUT2D eigenvalue weighted by atomic mass is 19.1. The third-order valence-corrected chi connectivity index (χ3v) is 14.1. The highest BCUT2D eigenvalue weighted by Gasteiger charge is 2.40. The lowest BCUT2D eigenvalue weighted by molar-refractivity contribution is -0.137. The monoisotopic (exact) mass is 860 g/mol. The average Bonchev–Trinajstić information content (AvgIpc) is 4.10. The zero-order valence-electron chi connectivity index (χ0n) is 38.2. The molecule has 4 heterocycles. The molecule has 0 bridgehead atoms. The number of allylic oxidation sites excluding steroid dienone is 2. The second kappa shape index (κ2) is 17.3. The first-order valence-electron chi connectivity index (χ1n) is 22.8. The summed E-state index contributed by atoms with van der Waals surface area (Å²) in [6, 6.07) is 14.0. The van der Waals surface area contributed by atoms with E-state index >= 15 is 8.78 Å². The molecule has 3 aromatic carbocycles. The molecule has 3 unspecified atom stereocenters. The Balaban J connectivity index is 1.14. The number of imidazole rings is 1. The second-order valence-electron chi connectivity index (χ2n) is 19.8. The van der Waals surface area contributed by atoms with Crippen LogP contribution in [0.5, 0.6) is 0 Å². The van der Waals surface area contributed by atoms with E-state index in [0.29, 0.717) is 66.0 Å². The van der Waals surface area contributed by atoms with Crippen LogP contribution in [0.25, 0.3) is 22.2 Å². The number of H-pyrrole nitrogens is 1. The smallest absolute Gasteiger partial charge is 0.407 e. The quantitative estimate of drug-likeness (QED) is 0.165. The third kappa shape index (κ3) is 8.42. The van der Waals surface area contributed by atoms with E-state index in [4.69, 9.17) is 14.7 Å². The lowest BCUT2D eigenvalue weighted by Crippen LogP contribution is -2.53. The molecule has 63 heavy (non-hydrogen) atoms. The fraction of sp³-hybridized carbons (Fsp3) is 0.510. The first kappa shape index (κ1) is 44.2. The van der Waals surface area contributed by atoms with Crippen LogP contribution < -0.4 is 5.32 Å². The van der Waals surface area contributed by atoms with Gasteiger partial charge in [0.2, 0.25) is 11.8 Å². The SMILES string of the molecule is COC(=O)N[C@H](C(=O)N1CCCC1C1=Nc2cc(F)c(C3=C(c4ccc(C(C)(C)C)cc4)C(c4cc5[nH]c(C6CCCN6C(=O)[C@@H](C)C(C)C)nc5cc4F)CC3)cc2C1)C(C)C. The summed E-state index contributed by atoms with van der Waals surface area (Å²) < 4.78 is 38.1. The molecule has 0 radical (unpaired) electrons. The van der Waals surface area contributed by atoms with Crippen LogP contribution in [-0.2, 0) is 26.2 Å². The number of likely N-dealkylation sites (tertiary alicyclic amines) is 2.